The van der Waals surface area contributed by atoms with E-state index in [9.17, 15) is 19.7 Å². The molecule has 0 atom stereocenters. The van der Waals surface area contributed by atoms with E-state index in [1.807, 2.05) is 0 Å². The zero-order valence-electron chi connectivity index (χ0n) is 16.0. The van der Waals surface area contributed by atoms with Gasteiger partial charge >= 0.3 is 0 Å². The number of carbonyl (C=O) groups excluding carboxylic acids is 2. The van der Waals surface area contributed by atoms with Crippen molar-refractivity contribution in [1.29, 1.82) is 0 Å². The minimum absolute atomic E-state index is 0.00872. The number of nitro benzene ring substituents is 1. The molecule has 2 aromatic rings. The molecule has 1 aliphatic heterocycles. The van der Waals surface area contributed by atoms with Gasteiger partial charge in [-0.05, 0) is 23.8 Å². The molecule has 8 heteroatoms. The Kier molecular flexibility index (Phi) is 5.92. The molecular weight excluding hydrogens is 372 g/mol. The summed E-state index contributed by atoms with van der Waals surface area (Å²) in [6.45, 7) is 3.39. The van der Waals surface area contributed by atoms with Gasteiger partial charge in [0, 0.05) is 50.4 Å². The molecule has 29 heavy (non-hydrogen) atoms. The highest BCUT2D eigenvalue weighted by Gasteiger charge is 2.22. The quantitative estimate of drug-likeness (QED) is 0.371. The Morgan fingerprint density at radius 3 is 2.41 bits per heavy atom. The second kappa shape index (κ2) is 8.55. The molecule has 1 heterocycles. The van der Waals surface area contributed by atoms with E-state index in [0.29, 0.717) is 48.6 Å². The number of nitro groups is 1. The third-order valence-corrected chi connectivity index (χ3v) is 4.86. The van der Waals surface area contributed by atoms with E-state index in [2.05, 4.69) is 6.07 Å². The first-order valence-corrected chi connectivity index (χ1v) is 9.15. The molecule has 1 radical (unpaired) electrons. The number of piperazine rings is 1. The third-order valence-electron chi connectivity index (χ3n) is 4.86. The molecule has 1 saturated heterocycles. The Morgan fingerprint density at radius 2 is 1.79 bits per heavy atom. The zero-order valence-corrected chi connectivity index (χ0v) is 16.0. The van der Waals surface area contributed by atoms with Gasteiger partial charge in [-0.2, -0.15) is 0 Å². The smallest absolute Gasteiger partial charge is 0.285 e. The Labute approximate surface area is 168 Å². The fourth-order valence-electron chi connectivity index (χ4n) is 3.30. The monoisotopic (exact) mass is 393 g/mol. The molecule has 2 aromatic carbocycles. The highest BCUT2D eigenvalue weighted by molar-refractivity contribution is 5.95. The molecule has 0 aromatic heterocycles. The van der Waals surface area contributed by atoms with Gasteiger partial charge in [-0.3, -0.25) is 19.7 Å². The molecule has 1 fully saturated rings. The number of hydrogen-bond donors (Lipinski definition) is 1. The third kappa shape index (κ3) is 4.43. The fourth-order valence-corrected chi connectivity index (χ4v) is 3.30. The molecule has 0 spiro atoms. The topological polar surface area (TPSA) is 110 Å². The van der Waals surface area contributed by atoms with Gasteiger partial charge < -0.3 is 15.5 Å². The van der Waals surface area contributed by atoms with E-state index in [-0.39, 0.29) is 17.5 Å². The number of carbonyl (C=O) groups is 2. The largest absolute Gasteiger partial charge is 0.398 e. The van der Waals surface area contributed by atoms with Gasteiger partial charge in [-0.25, -0.2) is 0 Å². The number of nitrogens with zero attached hydrogens (tertiary/aromatic N) is 3. The van der Waals surface area contributed by atoms with Gasteiger partial charge in [0.05, 0.1) is 16.6 Å². The normalized spacial score (nSPS) is 14.2. The average Bonchev–Trinajstić information content (AvgIpc) is 2.72. The molecule has 0 saturated carbocycles. The molecule has 0 unspecified atom stereocenters. The summed E-state index contributed by atoms with van der Waals surface area (Å²) < 4.78 is 0. The van der Waals surface area contributed by atoms with Crippen LogP contribution in [0, 0.1) is 16.2 Å². The molecule has 0 aliphatic carbocycles. The molecule has 2 amide bonds. The maximum Gasteiger partial charge on any atom is 0.285 e. The van der Waals surface area contributed by atoms with E-state index >= 15 is 0 Å². The van der Waals surface area contributed by atoms with Crippen LogP contribution < -0.4 is 5.73 Å². The lowest BCUT2D eigenvalue weighted by molar-refractivity contribution is -0.384. The van der Waals surface area contributed by atoms with Crippen molar-refractivity contribution in [2.24, 2.45) is 0 Å². The van der Waals surface area contributed by atoms with Crippen LogP contribution in [0.4, 0.5) is 11.4 Å². The molecule has 3 rings (SSSR count). The van der Waals surface area contributed by atoms with Crippen LogP contribution in [0.1, 0.15) is 12.5 Å². The number of hydrogen-bond acceptors (Lipinski definition) is 5. The van der Waals surface area contributed by atoms with Crippen molar-refractivity contribution in [2.45, 2.75) is 6.92 Å². The van der Waals surface area contributed by atoms with Gasteiger partial charge in [0.15, 0.2) is 0 Å². The molecule has 0 bridgehead atoms. The van der Waals surface area contributed by atoms with Crippen LogP contribution in [0.3, 0.4) is 0 Å². The highest BCUT2D eigenvalue weighted by atomic mass is 16.6. The van der Waals surface area contributed by atoms with Crippen LogP contribution >= 0.6 is 0 Å². The van der Waals surface area contributed by atoms with E-state index in [4.69, 9.17) is 5.73 Å². The number of para-hydroxylation sites is 1. The number of nitrogen functional groups attached to an aromatic ring is 1. The number of benzene rings is 2. The Hall–Kier alpha value is -3.68. The first-order chi connectivity index (χ1) is 13.9. The minimum Gasteiger partial charge on any atom is -0.398 e. The Morgan fingerprint density at radius 1 is 1.14 bits per heavy atom. The minimum atomic E-state index is -0.512. The predicted octanol–water partition coefficient (Wildman–Crippen LogP) is 2.35. The molecule has 8 nitrogen and oxygen atoms in total. The maximum absolute atomic E-state index is 12.6. The second-order valence-electron chi connectivity index (χ2n) is 6.67. The van der Waals surface area contributed by atoms with Crippen LogP contribution in [0.15, 0.2) is 42.5 Å². The fraction of sp³-hybridized carbons (Fsp3) is 0.238. The van der Waals surface area contributed by atoms with Gasteiger partial charge in [0.25, 0.3) is 5.69 Å². The van der Waals surface area contributed by atoms with E-state index in [1.54, 1.807) is 46.2 Å². The second-order valence-corrected chi connectivity index (χ2v) is 6.67. The Bertz CT molecular complexity index is 978. The molecule has 1 aliphatic rings. The van der Waals surface area contributed by atoms with Crippen LogP contribution in [0.25, 0.3) is 17.2 Å². The van der Waals surface area contributed by atoms with Crippen molar-refractivity contribution in [3.8, 4) is 11.1 Å². The van der Waals surface area contributed by atoms with Crippen molar-refractivity contribution < 1.29 is 14.5 Å². The van der Waals surface area contributed by atoms with Crippen LogP contribution in [-0.4, -0.2) is 52.7 Å². The van der Waals surface area contributed by atoms with Crippen molar-refractivity contribution in [2.75, 3.05) is 31.9 Å². The zero-order chi connectivity index (χ0) is 21.0. The molecular formula is C21H21N4O4. The SMILES string of the molecule is CC(=O)N1CCN(C(=O)/C=C/c2cc[c]c([N+](=O)[O-])c2-c2ccccc2N)CC1. The summed E-state index contributed by atoms with van der Waals surface area (Å²) in [5, 5.41) is 11.5. The van der Waals surface area contributed by atoms with Gasteiger partial charge in [-0.1, -0.05) is 24.3 Å². The standard InChI is InChI=1S/C21H21N4O4/c1-15(26)23-11-13-24(14-12-23)20(27)10-9-16-5-4-8-19(25(28)29)21(16)17-6-2-3-7-18(17)22/h2-7,9-10H,11-14,22H2,1H3/b10-9+. The lowest BCUT2D eigenvalue weighted by Gasteiger charge is -2.33. The lowest BCUT2D eigenvalue weighted by atomic mass is 9.96. The summed E-state index contributed by atoms with van der Waals surface area (Å²) in [7, 11) is 0. The lowest BCUT2D eigenvalue weighted by Crippen LogP contribution is -2.49. The van der Waals surface area contributed by atoms with Crippen molar-refractivity contribution in [1.82, 2.24) is 9.80 Å². The summed E-state index contributed by atoms with van der Waals surface area (Å²) in [4.78, 5) is 38.3. The van der Waals surface area contributed by atoms with Gasteiger partial charge in [0.1, 0.15) is 0 Å². The Balaban J connectivity index is 1.89. The summed E-state index contributed by atoms with van der Waals surface area (Å²) in [6, 6.07) is 12.6. The number of nitrogens with two attached hydrogens (primary N) is 1. The number of anilines is 1. The van der Waals surface area contributed by atoms with Crippen LogP contribution in [0.5, 0.6) is 0 Å². The van der Waals surface area contributed by atoms with Gasteiger partial charge in [-0.15, -0.1) is 0 Å². The predicted molar refractivity (Wildman–Crippen MR) is 110 cm³/mol. The average molecular weight is 393 g/mol. The highest BCUT2D eigenvalue weighted by Crippen LogP contribution is 2.36. The van der Waals surface area contributed by atoms with E-state index < -0.39 is 4.92 Å². The van der Waals surface area contributed by atoms with E-state index in [1.165, 1.54) is 19.1 Å². The maximum atomic E-state index is 12.6. The summed E-state index contributed by atoms with van der Waals surface area (Å²) in [5.74, 6) is -0.221. The number of rotatable bonds is 4. The molecule has 149 valence electrons. The molecule has 2 N–H and O–H groups in total. The van der Waals surface area contributed by atoms with Crippen LogP contribution in [-0.2, 0) is 9.59 Å². The number of amides is 2. The summed E-state index contributed by atoms with van der Waals surface area (Å²) in [5.41, 5.74) is 7.57. The first kappa shape index (κ1) is 20.1. The van der Waals surface area contributed by atoms with Crippen molar-refractivity contribution in [3.63, 3.8) is 0 Å². The summed E-state index contributed by atoms with van der Waals surface area (Å²) >= 11 is 0. The van der Waals surface area contributed by atoms with Crippen molar-refractivity contribution >= 4 is 29.3 Å². The van der Waals surface area contributed by atoms with E-state index in [0.717, 1.165) is 0 Å². The first-order valence-electron chi connectivity index (χ1n) is 9.15. The van der Waals surface area contributed by atoms with Gasteiger partial charge in [0.2, 0.25) is 11.8 Å². The van der Waals surface area contributed by atoms with Crippen LogP contribution in [0.2, 0.25) is 0 Å². The summed E-state index contributed by atoms with van der Waals surface area (Å²) in [6.07, 6.45) is 2.95. The van der Waals surface area contributed by atoms with Crippen molar-refractivity contribution in [3.05, 3.63) is 64.2 Å².